The quantitative estimate of drug-likeness (QED) is 0.709. The zero-order valence-electron chi connectivity index (χ0n) is 13.5. The molecule has 0 aromatic heterocycles. The van der Waals surface area contributed by atoms with Gasteiger partial charge < -0.3 is 9.47 Å². The molecule has 0 radical (unpaired) electrons. The molecule has 3 heteroatoms. The fourth-order valence-corrected chi connectivity index (χ4v) is 3.38. The normalized spacial score (nSPS) is 29.7. The van der Waals surface area contributed by atoms with Crippen molar-refractivity contribution in [2.24, 2.45) is 5.92 Å². The third-order valence-electron chi connectivity index (χ3n) is 4.87. The van der Waals surface area contributed by atoms with E-state index in [1.165, 1.54) is 58.0 Å². The molecular weight excluding hydrogens is 250 g/mol. The maximum atomic E-state index is 5.87. The summed E-state index contributed by atoms with van der Waals surface area (Å²) >= 11 is 0. The molecule has 20 heavy (non-hydrogen) atoms. The molecule has 0 saturated carbocycles. The standard InChI is InChI=1S/C17H33NO2/c1-3-5-7-15-9-11-18(12-10-15)16-13-19-17(20-14-16)8-6-4-2/h15-17H,3-14H2,1-2H3. The van der Waals surface area contributed by atoms with E-state index in [4.69, 9.17) is 9.47 Å². The largest absolute Gasteiger partial charge is 0.351 e. The average molecular weight is 283 g/mol. The Morgan fingerprint density at radius 2 is 1.50 bits per heavy atom. The fraction of sp³-hybridized carbons (Fsp3) is 1.00. The van der Waals surface area contributed by atoms with Crippen molar-refractivity contribution in [1.29, 1.82) is 0 Å². The third kappa shape index (κ3) is 5.01. The Kier molecular flexibility index (Phi) is 7.32. The number of rotatable bonds is 7. The summed E-state index contributed by atoms with van der Waals surface area (Å²) in [4.78, 5) is 2.60. The summed E-state index contributed by atoms with van der Waals surface area (Å²) in [6.07, 6.45) is 10.5. The lowest BCUT2D eigenvalue weighted by Crippen LogP contribution is -2.50. The van der Waals surface area contributed by atoms with Crippen LogP contribution >= 0.6 is 0 Å². The minimum Gasteiger partial charge on any atom is -0.351 e. The van der Waals surface area contributed by atoms with Gasteiger partial charge in [0.2, 0.25) is 0 Å². The Morgan fingerprint density at radius 1 is 0.900 bits per heavy atom. The lowest BCUT2D eigenvalue weighted by atomic mass is 9.91. The van der Waals surface area contributed by atoms with Crippen molar-refractivity contribution in [3.05, 3.63) is 0 Å². The van der Waals surface area contributed by atoms with E-state index in [2.05, 4.69) is 18.7 Å². The van der Waals surface area contributed by atoms with Crippen molar-refractivity contribution in [1.82, 2.24) is 4.90 Å². The van der Waals surface area contributed by atoms with Crippen LogP contribution in [0.4, 0.5) is 0 Å². The second-order valence-corrected chi connectivity index (χ2v) is 6.51. The number of piperidine rings is 1. The summed E-state index contributed by atoms with van der Waals surface area (Å²) in [5.74, 6) is 0.967. The third-order valence-corrected chi connectivity index (χ3v) is 4.87. The van der Waals surface area contributed by atoms with Gasteiger partial charge in [0, 0.05) is 0 Å². The van der Waals surface area contributed by atoms with E-state index in [-0.39, 0.29) is 6.29 Å². The number of unbranched alkanes of at least 4 members (excludes halogenated alkanes) is 2. The Morgan fingerprint density at radius 3 is 2.10 bits per heavy atom. The number of likely N-dealkylation sites (tertiary alicyclic amines) is 1. The average Bonchev–Trinajstić information content (AvgIpc) is 2.52. The zero-order valence-corrected chi connectivity index (χ0v) is 13.5. The summed E-state index contributed by atoms with van der Waals surface area (Å²) in [6.45, 7) is 8.73. The van der Waals surface area contributed by atoms with Crippen molar-refractivity contribution in [3.63, 3.8) is 0 Å². The van der Waals surface area contributed by atoms with E-state index in [0.717, 1.165) is 25.6 Å². The van der Waals surface area contributed by atoms with Gasteiger partial charge in [0.15, 0.2) is 6.29 Å². The molecule has 2 saturated heterocycles. The molecule has 2 aliphatic rings. The van der Waals surface area contributed by atoms with Gasteiger partial charge in [-0.05, 0) is 44.7 Å². The summed E-state index contributed by atoms with van der Waals surface area (Å²) in [5.41, 5.74) is 0. The van der Waals surface area contributed by atoms with E-state index in [1.54, 1.807) is 0 Å². The molecule has 0 aliphatic carbocycles. The van der Waals surface area contributed by atoms with Gasteiger partial charge >= 0.3 is 0 Å². The molecule has 2 fully saturated rings. The Hall–Kier alpha value is -0.120. The Bertz CT molecular complexity index is 217. The predicted molar refractivity (Wildman–Crippen MR) is 82.8 cm³/mol. The zero-order chi connectivity index (χ0) is 14.2. The van der Waals surface area contributed by atoms with Gasteiger partial charge in [-0.1, -0.05) is 39.5 Å². The molecular formula is C17H33NO2. The molecule has 0 N–H and O–H groups in total. The van der Waals surface area contributed by atoms with Crippen LogP contribution in [0.5, 0.6) is 0 Å². The van der Waals surface area contributed by atoms with Gasteiger partial charge in [-0.25, -0.2) is 0 Å². The Labute approximate surface area is 125 Å². The highest BCUT2D eigenvalue weighted by molar-refractivity contribution is 4.80. The summed E-state index contributed by atoms with van der Waals surface area (Å²) in [7, 11) is 0. The molecule has 2 rings (SSSR count). The molecule has 0 spiro atoms. The van der Waals surface area contributed by atoms with Crippen molar-refractivity contribution in [3.8, 4) is 0 Å². The highest BCUT2D eigenvalue weighted by Crippen LogP contribution is 2.25. The van der Waals surface area contributed by atoms with Crippen LogP contribution in [0, 0.1) is 5.92 Å². The van der Waals surface area contributed by atoms with E-state index in [9.17, 15) is 0 Å². The lowest BCUT2D eigenvalue weighted by Gasteiger charge is -2.40. The molecule has 2 heterocycles. The van der Waals surface area contributed by atoms with Crippen LogP contribution in [-0.4, -0.2) is 43.5 Å². The summed E-state index contributed by atoms with van der Waals surface area (Å²) in [6, 6.07) is 0.500. The molecule has 0 unspecified atom stereocenters. The number of hydrogen-bond acceptors (Lipinski definition) is 3. The van der Waals surface area contributed by atoms with Crippen LogP contribution in [0.3, 0.4) is 0 Å². The van der Waals surface area contributed by atoms with Crippen molar-refractivity contribution in [2.75, 3.05) is 26.3 Å². The van der Waals surface area contributed by atoms with Crippen LogP contribution in [0.15, 0.2) is 0 Å². The molecule has 0 aromatic carbocycles. The first-order valence-electron chi connectivity index (χ1n) is 8.80. The van der Waals surface area contributed by atoms with Gasteiger partial charge in [0.25, 0.3) is 0 Å². The molecule has 118 valence electrons. The first kappa shape index (κ1) is 16.3. The fourth-order valence-electron chi connectivity index (χ4n) is 3.38. The second-order valence-electron chi connectivity index (χ2n) is 6.51. The van der Waals surface area contributed by atoms with Crippen molar-refractivity contribution < 1.29 is 9.47 Å². The van der Waals surface area contributed by atoms with Crippen molar-refractivity contribution >= 4 is 0 Å². The van der Waals surface area contributed by atoms with Crippen LogP contribution in [0.2, 0.25) is 0 Å². The van der Waals surface area contributed by atoms with E-state index in [0.29, 0.717) is 6.04 Å². The van der Waals surface area contributed by atoms with Gasteiger partial charge in [-0.2, -0.15) is 0 Å². The smallest absolute Gasteiger partial charge is 0.157 e. The first-order chi connectivity index (χ1) is 9.83. The van der Waals surface area contributed by atoms with E-state index in [1.807, 2.05) is 0 Å². The van der Waals surface area contributed by atoms with Crippen LogP contribution < -0.4 is 0 Å². The SMILES string of the molecule is CCCCC1CCN(C2COC(CCCC)OC2)CC1. The van der Waals surface area contributed by atoms with Crippen LogP contribution in [0.1, 0.15) is 65.2 Å². The van der Waals surface area contributed by atoms with E-state index >= 15 is 0 Å². The van der Waals surface area contributed by atoms with Gasteiger partial charge in [-0.3, -0.25) is 4.90 Å². The van der Waals surface area contributed by atoms with E-state index < -0.39 is 0 Å². The topological polar surface area (TPSA) is 21.7 Å². The highest BCUT2D eigenvalue weighted by atomic mass is 16.7. The molecule has 2 aliphatic heterocycles. The van der Waals surface area contributed by atoms with Crippen LogP contribution in [-0.2, 0) is 9.47 Å². The van der Waals surface area contributed by atoms with Crippen LogP contribution in [0.25, 0.3) is 0 Å². The first-order valence-corrected chi connectivity index (χ1v) is 8.80. The lowest BCUT2D eigenvalue weighted by molar-refractivity contribution is -0.209. The number of ether oxygens (including phenoxy) is 2. The van der Waals surface area contributed by atoms with Gasteiger partial charge in [0.05, 0.1) is 19.3 Å². The van der Waals surface area contributed by atoms with Gasteiger partial charge in [0.1, 0.15) is 0 Å². The predicted octanol–water partition coefficient (Wildman–Crippen LogP) is 3.82. The van der Waals surface area contributed by atoms with Crippen molar-refractivity contribution in [2.45, 2.75) is 77.5 Å². The second kappa shape index (κ2) is 9.01. The molecule has 3 nitrogen and oxygen atoms in total. The highest BCUT2D eigenvalue weighted by Gasteiger charge is 2.29. The molecule has 0 bridgehead atoms. The summed E-state index contributed by atoms with van der Waals surface area (Å²) < 4.78 is 11.7. The Balaban J connectivity index is 1.63. The number of hydrogen-bond donors (Lipinski definition) is 0. The maximum Gasteiger partial charge on any atom is 0.157 e. The molecule has 0 aromatic rings. The monoisotopic (exact) mass is 283 g/mol. The maximum absolute atomic E-state index is 5.87. The summed E-state index contributed by atoms with van der Waals surface area (Å²) in [5, 5.41) is 0. The molecule has 0 amide bonds. The number of nitrogens with zero attached hydrogens (tertiary/aromatic N) is 1. The minimum atomic E-state index is 0.0632. The van der Waals surface area contributed by atoms with Gasteiger partial charge in [-0.15, -0.1) is 0 Å². The minimum absolute atomic E-state index is 0.0632. The molecule has 0 atom stereocenters.